The van der Waals surface area contributed by atoms with E-state index < -0.39 is 16.1 Å². The van der Waals surface area contributed by atoms with Crippen molar-refractivity contribution < 1.29 is 13.2 Å². The van der Waals surface area contributed by atoms with Gasteiger partial charge in [-0.05, 0) is 74.7 Å². The van der Waals surface area contributed by atoms with E-state index in [9.17, 15) is 13.2 Å². The lowest BCUT2D eigenvalue weighted by Crippen LogP contribution is -2.50. The molecular weight excluding hydrogens is 428 g/mol. The Morgan fingerprint density at radius 2 is 1.68 bits per heavy atom. The van der Waals surface area contributed by atoms with Gasteiger partial charge >= 0.3 is 0 Å². The van der Waals surface area contributed by atoms with Gasteiger partial charge in [0.15, 0.2) is 0 Å². The Kier molecular flexibility index (Phi) is 8.58. The van der Waals surface area contributed by atoms with Crippen LogP contribution in [-0.2, 0) is 14.8 Å². The molecule has 0 aliphatic heterocycles. The van der Waals surface area contributed by atoms with Crippen molar-refractivity contribution in [2.45, 2.75) is 61.9 Å². The molecule has 0 heterocycles. The largest absolute Gasteiger partial charge is 0.352 e. The molecule has 0 aromatic heterocycles. The number of hydrogen-bond acceptors (Lipinski definition) is 4. The van der Waals surface area contributed by atoms with Crippen molar-refractivity contribution in [3.8, 4) is 0 Å². The Labute approximate surface area is 190 Å². The zero-order valence-electron chi connectivity index (χ0n) is 18.2. The highest BCUT2D eigenvalue weighted by molar-refractivity contribution is 7.98. The van der Waals surface area contributed by atoms with Gasteiger partial charge in [0.05, 0.1) is 4.90 Å². The Morgan fingerprint density at radius 3 is 2.29 bits per heavy atom. The molecule has 1 atom stereocenters. The number of aryl methyl sites for hydroxylation is 1. The number of thioether (sulfide) groups is 1. The highest BCUT2D eigenvalue weighted by Gasteiger charge is 2.29. The Bertz CT molecular complexity index is 939. The Morgan fingerprint density at radius 1 is 1.03 bits per heavy atom. The van der Waals surface area contributed by atoms with Crippen LogP contribution in [0.25, 0.3) is 0 Å². The van der Waals surface area contributed by atoms with Gasteiger partial charge in [-0.2, -0.15) is 16.5 Å². The van der Waals surface area contributed by atoms with Crippen LogP contribution in [0, 0.1) is 6.92 Å². The van der Waals surface area contributed by atoms with Gasteiger partial charge in [-0.25, -0.2) is 8.42 Å². The number of sulfonamides is 1. The first-order valence-corrected chi connectivity index (χ1v) is 13.7. The summed E-state index contributed by atoms with van der Waals surface area (Å²) in [4.78, 5) is 13.2. The van der Waals surface area contributed by atoms with Crippen molar-refractivity contribution in [1.29, 1.82) is 0 Å². The summed E-state index contributed by atoms with van der Waals surface area (Å²) in [6.07, 6.45) is 6.28. The molecule has 2 N–H and O–H groups in total. The van der Waals surface area contributed by atoms with Gasteiger partial charge in [0, 0.05) is 6.04 Å². The number of nitrogens with one attached hydrogen (secondary N) is 2. The minimum atomic E-state index is -3.76. The fraction of sp³-hybridized carbons (Fsp3) is 0.458. The minimum absolute atomic E-state index is 0.0909. The number of hydrogen-bond donors (Lipinski definition) is 2. The molecule has 0 spiro atoms. The van der Waals surface area contributed by atoms with Crippen molar-refractivity contribution in [2.75, 3.05) is 12.0 Å². The molecule has 7 heteroatoms. The average Bonchev–Trinajstić information content (AvgIpc) is 2.78. The van der Waals surface area contributed by atoms with Crippen LogP contribution >= 0.6 is 11.8 Å². The van der Waals surface area contributed by atoms with Crippen molar-refractivity contribution >= 4 is 27.7 Å². The Hall–Kier alpha value is -1.83. The number of carbonyl (C=O) groups excluding carboxylic acids is 1. The molecule has 0 radical (unpaired) electrons. The second-order valence-electron chi connectivity index (χ2n) is 8.24. The molecule has 1 aliphatic rings. The van der Waals surface area contributed by atoms with E-state index in [0.717, 1.165) is 31.2 Å². The number of benzene rings is 2. The van der Waals surface area contributed by atoms with Crippen LogP contribution < -0.4 is 10.0 Å². The first-order chi connectivity index (χ1) is 14.9. The van der Waals surface area contributed by atoms with Gasteiger partial charge in [0.25, 0.3) is 0 Å². The van der Waals surface area contributed by atoms with E-state index in [0.29, 0.717) is 18.1 Å². The van der Waals surface area contributed by atoms with Crippen LogP contribution in [0.4, 0.5) is 0 Å². The molecule has 168 valence electrons. The number of amides is 1. The average molecular weight is 461 g/mol. The van der Waals surface area contributed by atoms with E-state index in [1.54, 1.807) is 36.0 Å². The second kappa shape index (κ2) is 11.2. The van der Waals surface area contributed by atoms with Crippen molar-refractivity contribution in [3.63, 3.8) is 0 Å². The molecule has 0 saturated heterocycles. The Balaban J connectivity index is 1.60. The fourth-order valence-corrected chi connectivity index (χ4v) is 5.75. The molecule has 1 unspecified atom stereocenters. The third-order valence-corrected chi connectivity index (χ3v) is 8.03. The zero-order valence-corrected chi connectivity index (χ0v) is 19.8. The molecule has 5 nitrogen and oxygen atoms in total. The first-order valence-electron chi connectivity index (χ1n) is 10.8. The lowest BCUT2D eigenvalue weighted by molar-refractivity contribution is -0.123. The van der Waals surface area contributed by atoms with E-state index in [1.165, 1.54) is 5.56 Å². The molecule has 0 bridgehead atoms. The van der Waals surface area contributed by atoms with E-state index in [2.05, 4.69) is 34.3 Å². The standard InChI is InChI=1S/C24H32N2O3S2/c1-18-8-14-22(15-9-18)31(28,29)26-23(16-17-30-2)24(27)25-21-12-10-20(11-13-21)19-6-4-3-5-7-19/h3-9,14-15,20-21,23,26H,10-13,16-17H2,1-2H3,(H,25,27). The van der Waals surface area contributed by atoms with Crippen LogP contribution in [0.2, 0.25) is 0 Å². The summed E-state index contributed by atoms with van der Waals surface area (Å²) in [6.45, 7) is 1.91. The molecule has 2 aromatic carbocycles. The summed E-state index contributed by atoms with van der Waals surface area (Å²) in [5, 5.41) is 3.11. The van der Waals surface area contributed by atoms with Crippen LogP contribution in [0.1, 0.15) is 49.1 Å². The van der Waals surface area contributed by atoms with Crippen molar-refractivity contribution in [2.24, 2.45) is 0 Å². The van der Waals surface area contributed by atoms with E-state index >= 15 is 0 Å². The smallest absolute Gasteiger partial charge is 0.241 e. The monoisotopic (exact) mass is 460 g/mol. The van der Waals surface area contributed by atoms with Gasteiger partial charge < -0.3 is 5.32 Å². The predicted molar refractivity (Wildman–Crippen MR) is 128 cm³/mol. The van der Waals surface area contributed by atoms with E-state index in [-0.39, 0.29) is 16.8 Å². The lowest BCUT2D eigenvalue weighted by atomic mass is 9.81. The SMILES string of the molecule is CSCCC(NS(=O)(=O)c1ccc(C)cc1)C(=O)NC1CCC(c2ccccc2)CC1. The van der Waals surface area contributed by atoms with Gasteiger partial charge in [-0.15, -0.1) is 0 Å². The van der Waals surface area contributed by atoms with Gasteiger partial charge in [0.1, 0.15) is 6.04 Å². The first kappa shape index (κ1) is 23.8. The molecule has 1 saturated carbocycles. The molecule has 1 amide bonds. The van der Waals surface area contributed by atoms with Crippen LogP contribution in [-0.4, -0.2) is 38.4 Å². The normalized spacial score (nSPS) is 20.2. The third-order valence-electron chi connectivity index (χ3n) is 5.90. The fourth-order valence-electron chi connectivity index (χ4n) is 4.05. The maximum Gasteiger partial charge on any atom is 0.241 e. The molecule has 1 aliphatic carbocycles. The summed E-state index contributed by atoms with van der Waals surface area (Å²) in [6, 6.07) is 16.5. The molecule has 31 heavy (non-hydrogen) atoms. The van der Waals surface area contributed by atoms with Crippen molar-refractivity contribution in [1.82, 2.24) is 10.0 Å². The minimum Gasteiger partial charge on any atom is -0.352 e. The highest BCUT2D eigenvalue weighted by Crippen LogP contribution is 2.32. The summed E-state index contributed by atoms with van der Waals surface area (Å²) in [7, 11) is -3.76. The number of carbonyl (C=O) groups is 1. The maximum absolute atomic E-state index is 13.0. The van der Waals surface area contributed by atoms with Gasteiger partial charge in [-0.1, -0.05) is 48.0 Å². The van der Waals surface area contributed by atoms with Crippen molar-refractivity contribution in [3.05, 3.63) is 65.7 Å². The molecule has 1 fully saturated rings. The third kappa shape index (κ3) is 6.82. The molecule has 3 rings (SSSR count). The second-order valence-corrected chi connectivity index (χ2v) is 10.9. The zero-order chi connectivity index (χ0) is 22.3. The molecule has 2 aromatic rings. The van der Waals surface area contributed by atoms with Gasteiger partial charge in [-0.3, -0.25) is 4.79 Å². The van der Waals surface area contributed by atoms with Crippen LogP contribution in [0.15, 0.2) is 59.5 Å². The quantitative estimate of drug-likeness (QED) is 0.587. The summed E-state index contributed by atoms with van der Waals surface area (Å²) in [5.74, 6) is 1.00. The van der Waals surface area contributed by atoms with E-state index in [1.807, 2.05) is 19.2 Å². The predicted octanol–water partition coefficient (Wildman–Crippen LogP) is 4.24. The maximum atomic E-state index is 13.0. The molecular formula is C24H32N2O3S2. The van der Waals surface area contributed by atoms with Gasteiger partial charge in [0.2, 0.25) is 15.9 Å². The summed E-state index contributed by atoms with van der Waals surface area (Å²) in [5.41, 5.74) is 2.35. The lowest BCUT2D eigenvalue weighted by Gasteiger charge is -2.30. The summed E-state index contributed by atoms with van der Waals surface area (Å²) < 4.78 is 28.3. The number of rotatable bonds is 9. The highest BCUT2D eigenvalue weighted by atomic mass is 32.2. The summed E-state index contributed by atoms with van der Waals surface area (Å²) >= 11 is 1.60. The van der Waals surface area contributed by atoms with Crippen LogP contribution in [0.3, 0.4) is 0 Å². The topological polar surface area (TPSA) is 75.3 Å². The van der Waals surface area contributed by atoms with Crippen LogP contribution in [0.5, 0.6) is 0 Å². The van der Waals surface area contributed by atoms with E-state index in [4.69, 9.17) is 0 Å².